The Morgan fingerprint density at radius 1 is 1.00 bits per heavy atom. The summed E-state index contributed by atoms with van der Waals surface area (Å²) < 4.78 is 15.3. The van der Waals surface area contributed by atoms with E-state index in [2.05, 4.69) is 20.5 Å². The van der Waals surface area contributed by atoms with Crippen molar-refractivity contribution in [3.8, 4) is 11.5 Å². The van der Waals surface area contributed by atoms with Gasteiger partial charge in [0, 0.05) is 11.9 Å². The molecule has 2 heterocycles. The fourth-order valence-electron chi connectivity index (χ4n) is 2.88. The van der Waals surface area contributed by atoms with E-state index in [-0.39, 0.29) is 11.7 Å². The number of hydrogen-bond acceptors (Lipinski definition) is 5. The summed E-state index contributed by atoms with van der Waals surface area (Å²) in [7, 11) is 0. The van der Waals surface area contributed by atoms with Crippen molar-refractivity contribution in [2.45, 2.75) is 11.7 Å². The number of aromatic nitrogens is 4. The Hall–Kier alpha value is -3.52. The van der Waals surface area contributed by atoms with Crippen molar-refractivity contribution in [3.63, 3.8) is 0 Å². The monoisotopic (exact) mass is 419 g/mol. The van der Waals surface area contributed by atoms with Crippen molar-refractivity contribution >= 4 is 23.4 Å². The number of anilines is 1. The van der Waals surface area contributed by atoms with Crippen molar-refractivity contribution in [2.75, 3.05) is 11.1 Å². The van der Waals surface area contributed by atoms with E-state index < -0.39 is 5.82 Å². The van der Waals surface area contributed by atoms with E-state index in [4.69, 9.17) is 0 Å². The minimum Gasteiger partial charge on any atom is -0.325 e. The van der Waals surface area contributed by atoms with E-state index in [1.165, 1.54) is 23.9 Å². The average molecular weight is 419 g/mol. The van der Waals surface area contributed by atoms with Crippen LogP contribution in [0.4, 0.5) is 10.1 Å². The number of carbonyl (C=O) groups excluding carboxylic acids is 1. The zero-order valence-corrected chi connectivity index (χ0v) is 16.7. The van der Waals surface area contributed by atoms with Gasteiger partial charge in [0.05, 0.1) is 12.3 Å². The minimum absolute atomic E-state index is 0.117. The van der Waals surface area contributed by atoms with Gasteiger partial charge < -0.3 is 5.32 Å². The molecule has 150 valence electrons. The molecule has 4 rings (SSSR count). The highest BCUT2D eigenvalue weighted by Crippen LogP contribution is 2.24. The van der Waals surface area contributed by atoms with E-state index in [0.29, 0.717) is 28.9 Å². The fraction of sp³-hybridized carbons (Fsp3) is 0.0909. The topological polar surface area (TPSA) is 72.7 Å². The van der Waals surface area contributed by atoms with Crippen LogP contribution in [0.25, 0.3) is 11.5 Å². The van der Waals surface area contributed by atoms with Crippen LogP contribution in [0.3, 0.4) is 0 Å². The zero-order valence-electron chi connectivity index (χ0n) is 15.9. The second kappa shape index (κ2) is 9.32. The molecule has 0 fully saturated rings. The first-order chi connectivity index (χ1) is 14.7. The van der Waals surface area contributed by atoms with Gasteiger partial charge in [-0.25, -0.2) is 4.39 Å². The zero-order chi connectivity index (χ0) is 20.8. The standard InChI is InChI=1S/C22H18FN5OS/c23-17-9-6-10-18(13-17)25-20(29)15-30-22-27-26-21(19-11-4-5-12-24-19)28(22)14-16-7-2-1-3-8-16/h1-13H,14-15H2,(H,25,29). The number of rotatable bonds is 7. The third kappa shape index (κ3) is 4.90. The number of hydrogen-bond donors (Lipinski definition) is 1. The molecule has 0 saturated heterocycles. The van der Waals surface area contributed by atoms with Crippen molar-refractivity contribution < 1.29 is 9.18 Å². The highest BCUT2D eigenvalue weighted by molar-refractivity contribution is 7.99. The summed E-state index contributed by atoms with van der Waals surface area (Å²) in [4.78, 5) is 16.7. The van der Waals surface area contributed by atoms with Gasteiger partial charge in [0.1, 0.15) is 11.5 Å². The first-order valence-corrected chi connectivity index (χ1v) is 10.2. The Labute approximate surface area is 177 Å². The summed E-state index contributed by atoms with van der Waals surface area (Å²) in [6, 6.07) is 21.3. The summed E-state index contributed by atoms with van der Waals surface area (Å²) in [6.07, 6.45) is 1.70. The summed E-state index contributed by atoms with van der Waals surface area (Å²) >= 11 is 1.27. The van der Waals surface area contributed by atoms with Crippen molar-refractivity contribution in [2.24, 2.45) is 0 Å². The van der Waals surface area contributed by atoms with Crippen LogP contribution in [0.15, 0.2) is 84.1 Å². The lowest BCUT2D eigenvalue weighted by molar-refractivity contribution is -0.113. The predicted octanol–water partition coefficient (Wildman–Crippen LogP) is 4.26. The maximum absolute atomic E-state index is 13.3. The molecule has 8 heteroatoms. The molecule has 6 nitrogen and oxygen atoms in total. The van der Waals surface area contributed by atoms with Gasteiger partial charge in [-0.15, -0.1) is 10.2 Å². The van der Waals surface area contributed by atoms with Gasteiger partial charge in [0.15, 0.2) is 11.0 Å². The number of benzene rings is 2. The van der Waals surface area contributed by atoms with Crippen LogP contribution in [-0.4, -0.2) is 31.4 Å². The molecule has 0 aliphatic rings. The largest absolute Gasteiger partial charge is 0.325 e. The third-order valence-electron chi connectivity index (χ3n) is 4.24. The average Bonchev–Trinajstić information content (AvgIpc) is 3.16. The number of carbonyl (C=O) groups is 1. The van der Waals surface area contributed by atoms with Gasteiger partial charge in [-0.1, -0.05) is 54.2 Å². The maximum atomic E-state index is 13.3. The highest BCUT2D eigenvalue weighted by atomic mass is 32.2. The molecule has 0 aliphatic heterocycles. The molecule has 2 aromatic carbocycles. The van der Waals surface area contributed by atoms with Crippen LogP contribution in [0.2, 0.25) is 0 Å². The van der Waals surface area contributed by atoms with E-state index in [0.717, 1.165) is 5.56 Å². The molecule has 1 N–H and O–H groups in total. The molecule has 2 aromatic heterocycles. The Morgan fingerprint density at radius 3 is 2.60 bits per heavy atom. The molecule has 1 amide bonds. The molecular weight excluding hydrogens is 401 g/mol. The van der Waals surface area contributed by atoms with Gasteiger partial charge in [-0.05, 0) is 35.9 Å². The first kappa shape index (κ1) is 19.8. The second-order valence-corrected chi connectivity index (χ2v) is 7.38. The highest BCUT2D eigenvalue weighted by Gasteiger charge is 2.17. The number of nitrogens with zero attached hydrogens (tertiary/aromatic N) is 4. The van der Waals surface area contributed by atoms with Crippen molar-refractivity contribution in [1.82, 2.24) is 19.7 Å². The minimum atomic E-state index is -0.400. The Morgan fingerprint density at radius 2 is 1.83 bits per heavy atom. The van der Waals surface area contributed by atoms with Gasteiger partial charge in [-0.3, -0.25) is 14.3 Å². The SMILES string of the molecule is O=C(CSc1nnc(-c2ccccn2)n1Cc1ccccc1)Nc1cccc(F)c1. The van der Waals surface area contributed by atoms with Crippen molar-refractivity contribution in [3.05, 3.63) is 90.4 Å². The third-order valence-corrected chi connectivity index (χ3v) is 5.20. The molecule has 0 atom stereocenters. The Bertz CT molecular complexity index is 1130. The van der Waals surface area contributed by atoms with E-state index in [1.54, 1.807) is 18.3 Å². The van der Waals surface area contributed by atoms with E-state index in [1.807, 2.05) is 53.1 Å². The van der Waals surface area contributed by atoms with Gasteiger partial charge >= 0.3 is 0 Å². The molecular formula is C22H18FN5OS. The summed E-state index contributed by atoms with van der Waals surface area (Å²) in [5.74, 6) is 0.0980. The van der Waals surface area contributed by atoms with E-state index in [9.17, 15) is 9.18 Å². The quantitative estimate of drug-likeness (QED) is 0.453. The first-order valence-electron chi connectivity index (χ1n) is 9.26. The molecule has 0 saturated carbocycles. The number of halogens is 1. The summed E-state index contributed by atoms with van der Waals surface area (Å²) in [6.45, 7) is 0.549. The molecule has 0 bridgehead atoms. The number of thioether (sulfide) groups is 1. The lowest BCUT2D eigenvalue weighted by Gasteiger charge is -2.10. The molecule has 0 radical (unpaired) electrons. The number of nitrogens with one attached hydrogen (secondary N) is 1. The predicted molar refractivity (Wildman–Crippen MR) is 115 cm³/mol. The van der Waals surface area contributed by atoms with Crippen LogP contribution >= 0.6 is 11.8 Å². The maximum Gasteiger partial charge on any atom is 0.234 e. The van der Waals surface area contributed by atoms with Crippen LogP contribution in [0, 0.1) is 5.82 Å². The molecule has 30 heavy (non-hydrogen) atoms. The normalized spacial score (nSPS) is 10.7. The van der Waals surface area contributed by atoms with E-state index >= 15 is 0 Å². The molecule has 4 aromatic rings. The van der Waals surface area contributed by atoms with Gasteiger partial charge in [0.25, 0.3) is 0 Å². The molecule has 0 spiro atoms. The summed E-state index contributed by atoms with van der Waals surface area (Å²) in [5.41, 5.74) is 2.21. The Balaban J connectivity index is 1.53. The van der Waals surface area contributed by atoms with Crippen LogP contribution in [0.1, 0.15) is 5.56 Å². The smallest absolute Gasteiger partial charge is 0.234 e. The molecule has 0 unspecified atom stereocenters. The van der Waals surface area contributed by atoms with Crippen molar-refractivity contribution in [1.29, 1.82) is 0 Å². The fourth-order valence-corrected chi connectivity index (χ4v) is 3.62. The summed E-state index contributed by atoms with van der Waals surface area (Å²) in [5, 5.41) is 11.9. The Kier molecular flexibility index (Phi) is 6.14. The number of pyridine rings is 1. The van der Waals surface area contributed by atoms with Gasteiger partial charge in [-0.2, -0.15) is 0 Å². The lowest BCUT2D eigenvalue weighted by atomic mass is 10.2. The second-order valence-electron chi connectivity index (χ2n) is 6.44. The molecule has 0 aliphatic carbocycles. The van der Waals surface area contributed by atoms with Crippen LogP contribution < -0.4 is 5.32 Å². The van der Waals surface area contributed by atoms with Crippen LogP contribution in [-0.2, 0) is 11.3 Å². The number of amides is 1. The van der Waals surface area contributed by atoms with Crippen LogP contribution in [0.5, 0.6) is 0 Å². The lowest BCUT2D eigenvalue weighted by Crippen LogP contribution is -2.15. The van der Waals surface area contributed by atoms with Gasteiger partial charge in [0.2, 0.25) is 5.91 Å².